The van der Waals surface area contributed by atoms with Crippen LogP contribution >= 0.6 is 0 Å². The molecule has 0 spiro atoms. The highest BCUT2D eigenvalue weighted by Crippen LogP contribution is 2.08. The van der Waals surface area contributed by atoms with Gasteiger partial charge in [-0.2, -0.15) is 0 Å². The van der Waals surface area contributed by atoms with Gasteiger partial charge in [0.2, 0.25) is 0 Å². The predicted molar refractivity (Wildman–Crippen MR) is 77.2 cm³/mol. The number of ether oxygens (including phenoxy) is 1. The van der Waals surface area contributed by atoms with Crippen LogP contribution in [0.2, 0.25) is 0 Å². The molecule has 0 saturated carbocycles. The molecule has 0 unspecified atom stereocenters. The summed E-state index contributed by atoms with van der Waals surface area (Å²) < 4.78 is 5.38. The van der Waals surface area contributed by atoms with Crippen LogP contribution in [-0.4, -0.2) is 34.8 Å². The van der Waals surface area contributed by atoms with Gasteiger partial charge in [-0.25, -0.2) is 4.98 Å². The Morgan fingerprint density at radius 1 is 1.50 bits per heavy atom. The van der Waals surface area contributed by atoms with E-state index in [1.165, 1.54) is 0 Å². The number of nitrogens with zero attached hydrogens (tertiary/aromatic N) is 1. The summed E-state index contributed by atoms with van der Waals surface area (Å²) in [5, 5.41) is 11.3. The van der Waals surface area contributed by atoms with Gasteiger partial charge in [-0.05, 0) is 32.9 Å². The van der Waals surface area contributed by atoms with Gasteiger partial charge in [-0.3, -0.25) is 4.79 Å². The van der Waals surface area contributed by atoms with Gasteiger partial charge in [0.05, 0.1) is 12.2 Å². The summed E-state index contributed by atoms with van der Waals surface area (Å²) in [5.74, 6) is 5.87. The molecule has 0 aliphatic heterocycles. The fourth-order valence-corrected chi connectivity index (χ4v) is 1.26. The Bertz CT molecular complexity index is 510. The number of aromatic nitrogens is 1. The molecule has 108 valence electrons. The van der Waals surface area contributed by atoms with Crippen LogP contribution < -0.4 is 5.32 Å². The van der Waals surface area contributed by atoms with Crippen molar-refractivity contribution in [2.24, 2.45) is 0 Å². The summed E-state index contributed by atoms with van der Waals surface area (Å²) in [5.41, 5.74) is 0.378. The quantitative estimate of drug-likeness (QED) is 0.819. The molecule has 20 heavy (non-hydrogen) atoms. The molecule has 1 rings (SSSR count). The van der Waals surface area contributed by atoms with E-state index in [0.717, 1.165) is 5.56 Å². The maximum atomic E-state index is 11.7. The Morgan fingerprint density at radius 2 is 2.25 bits per heavy atom. The molecule has 0 radical (unpaired) electrons. The Balaban J connectivity index is 2.58. The number of carbonyl (C=O) groups is 1. The molecule has 1 amide bonds. The highest BCUT2D eigenvalue weighted by atomic mass is 16.5. The molecule has 5 heteroatoms. The lowest BCUT2D eigenvalue weighted by Gasteiger charge is -2.18. The summed E-state index contributed by atoms with van der Waals surface area (Å²) in [4.78, 5) is 15.7. The van der Waals surface area contributed by atoms with Crippen molar-refractivity contribution < 1.29 is 14.6 Å². The average molecular weight is 276 g/mol. The Kier molecular flexibility index (Phi) is 6.16. The topological polar surface area (TPSA) is 71.5 Å². The zero-order valence-electron chi connectivity index (χ0n) is 12.1. The van der Waals surface area contributed by atoms with Gasteiger partial charge in [0.15, 0.2) is 0 Å². The minimum Gasteiger partial charge on any atom is -0.395 e. The number of carbonyl (C=O) groups excluding carboxylic acids is 1. The van der Waals surface area contributed by atoms with Gasteiger partial charge < -0.3 is 15.2 Å². The maximum absolute atomic E-state index is 11.7. The third kappa shape index (κ3) is 6.88. The molecule has 5 nitrogen and oxygen atoms in total. The molecule has 2 N–H and O–H groups in total. The lowest BCUT2D eigenvalue weighted by atomic mass is 10.2. The van der Waals surface area contributed by atoms with Gasteiger partial charge in [0, 0.05) is 18.2 Å². The predicted octanol–water partition coefficient (Wildman–Crippen LogP) is 1.57. The lowest BCUT2D eigenvalue weighted by Crippen LogP contribution is -2.27. The second-order valence-electron chi connectivity index (χ2n) is 5.15. The van der Waals surface area contributed by atoms with E-state index in [4.69, 9.17) is 9.84 Å². The van der Waals surface area contributed by atoms with E-state index in [0.29, 0.717) is 12.2 Å². The lowest BCUT2D eigenvalue weighted by molar-refractivity contribution is -0.125. The molecule has 0 aromatic carbocycles. The molecule has 0 aliphatic rings. The summed E-state index contributed by atoms with van der Waals surface area (Å²) in [6.45, 7) is 5.67. The number of aliphatic hydroxyl groups excluding tert-OH is 1. The SMILES string of the molecule is CC(C)(C)OCC(=O)Nc1cc(C#CCCO)ccn1. The normalized spacial score (nSPS) is 10.6. The highest BCUT2D eigenvalue weighted by Gasteiger charge is 2.13. The van der Waals surface area contributed by atoms with Crippen molar-refractivity contribution >= 4 is 11.7 Å². The van der Waals surface area contributed by atoms with E-state index >= 15 is 0 Å². The maximum Gasteiger partial charge on any atom is 0.251 e. The summed E-state index contributed by atoms with van der Waals surface area (Å²) in [6, 6.07) is 3.42. The molecular weight excluding hydrogens is 256 g/mol. The molecule has 1 aromatic rings. The van der Waals surface area contributed by atoms with Gasteiger partial charge >= 0.3 is 0 Å². The van der Waals surface area contributed by atoms with Crippen LogP contribution in [0, 0.1) is 11.8 Å². The van der Waals surface area contributed by atoms with Crippen LogP contribution in [0.3, 0.4) is 0 Å². The van der Waals surface area contributed by atoms with Gasteiger partial charge in [0.25, 0.3) is 5.91 Å². The van der Waals surface area contributed by atoms with Crippen LogP contribution in [0.25, 0.3) is 0 Å². The number of hydrogen-bond donors (Lipinski definition) is 2. The van der Waals surface area contributed by atoms with Gasteiger partial charge in [-0.1, -0.05) is 11.8 Å². The molecular formula is C15H20N2O3. The Labute approximate surface area is 119 Å². The number of pyridine rings is 1. The zero-order chi connectivity index (χ0) is 15.0. The smallest absolute Gasteiger partial charge is 0.251 e. The van der Waals surface area contributed by atoms with Crippen LogP contribution in [0.5, 0.6) is 0 Å². The second kappa shape index (κ2) is 7.63. The van der Waals surface area contributed by atoms with Gasteiger partial charge in [0.1, 0.15) is 12.4 Å². The first-order valence-electron chi connectivity index (χ1n) is 6.40. The first kappa shape index (κ1) is 16.2. The molecule has 0 saturated heterocycles. The third-order valence-electron chi connectivity index (χ3n) is 2.13. The molecule has 0 fully saturated rings. The van der Waals surface area contributed by atoms with E-state index in [1.807, 2.05) is 20.8 Å². The molecule has 0 aliphatic carbocycles. The molecule has 1 aromatic heterocycles. The van der Waals surface area contributed by atoms with E-state index in [2.05, 4.69) is 22.1 Å². The van der Waals surface area contributed by atoms with Crippen molar-refractivity contribution in [3.05, 3.63) is 23.9 Å². The van der Waals surface area contributed by atoms with E-state index in [9.17, 15) is 4.79 Å². The molecule has 0 atom stereocenters. The number of anilines is 1. The van der Waals surface area contributed by atoms with Gasteiger partial charge in [-0.15, -0.1) is 0 Å². The van der Waals surface area contributed by atoms with Crippen LogP contribution in [-0.2, 0) is 9.53 Å². The Hall–Kier alpha value is -1.90. The standard InChI is InChI=1S/C15H20N2O3/c1-15(2,3)20-11-14(19)17-13-10-12(7-8-16-13)6-4-5-9-18/h7-8,10,18H,5,9,11H2,1-3H3,(H,16,17,19). The first-order chi connectivity index (χ1) is 9.40. The van der Waals surface area contributed by atoms with Crippen molar-refractivity contribution in [3.63, 3.8) is 0 Å². The van der Waals surface area contributed by atoms with Crippen molar-refractivity contribution in [2.45, 2.75) is 32.8 Å². The van der Waals surface area contributed by atoms with Crippen molar-refractivity contribution in [1.29, 1.82) is 0 Å². The number of rotatable bonds is 4. The first-order valence-corrected chi connectivity index (χ1v) is 6.40. The van der Waals surface area contributed by atoms with Crippen molar-refractivity contribution in [3.8, 4) is 11.8 Å². The van der Waals surface area contributed by atoms with Crippen LogP contribution in [0.1, 0.15) is 32.8 Å². The summed E-state index contributed by atoms with van der Waals surface area (Å²) in [7, 11) is 0. The number of nitrogens with one attached hydrogen (secondary N) is 1. The largest absolute Gasteiger partial charge is 0.395 e. The molecule has 0 bridgehead atoms. The number of amides is 1. The third-order valence-corrected chi connectivity index (χ3v) is 2.13. The summed E-state index contributed by atoms with van der Waals surface area (Å²) >= 11 is 0. The van der Waals surface area contributed by atoms with E-state index in [-0.39, 0.29) is 24.7 Å². The average Bonchev–Trinajstić information content (AvgIpc) is 2.36. The second-order valence-corrected chi connectivity index (χ2v) is 5.15. The fourth-order valence-electron chi connectivity index (χ4n) is 1.26. The fraction of sp³-hybridized carbons (Fsp3) is 0.467. The summed E-state index contributed by atoms with van der Waals surface area (Å²) in [6.07, 6.45) is 1.99. The minimum absolute atomic E-state index is 0.0222. The molecule has 1 heterocycles. The van der Waals surface area contributed by atoms with Crippen molar-refractivity contribution in [1.82, 2.24) is 4.98 Å². The van der Waals surface area contributed by atoms with E-state index < -0.39 is 0 Å². The van der Waals surface area contributed by atoms with Crippen molar-refractivity contribution in [2.75, 3.05) is 18.5 Å². The van der Waals surface area contributed by atoms with Crippen LogP contribution in [0.15, 0.2) is 18.3 Å². The van der Waals surface area contributed by atoms with E-state index in [1.54, 1.807) is 18.3 Å². The van der Waals surface area contributed by atoms with Crippen LogP contribution in [0.4, 0.5) is 5.82 Å². The number of aliphatic hydroxyl groups is 1. The Morgan fingerprint density at radius 3 is 2.90 bits per heavy atom. The zero-order valence-corrected chi connectivity index (χ0v) is 12.1. The highest BCUT2D eigenvalue weighted by molar-refractivity contribution is 5.90. The monoisotopic (exact) mass is 276 g/mol. The number of hydrogen-bond acceptors (Lipinski definition) is 4. The minimum atomic E-state index is -0.359.